The van der Waals surface area contributed by atoms with Crippen LogP contribution in [0.5, 0.6) is 0 Å². The van der Waals surface area contributed by atoms with Gasteiger partial charge < -0.3 is 10.4 Å². The number of hydrogen-bond acceptors (Lipinski definition) is 4. The van der Waals surface area contributed by atoms with Gasteiger partial charge in [0.15, 0.2) is 0 Å². The van der Waals surface area contributed by atoms with Crippen LogP contribution in [0.4, 0.5) is 5.69 Å². The quantitative estimate of drug-likeness (QED) is 0.721. The molecule has 2 rings (SSSR count). The predicted molar refractivity (Wildman–Crippen MR) is 102 cm³/mol. The second-order valence-corrected chi connectivity index (χ2v) is 8.11. The molecular formula is C19H22N2O5S. The van der Waals surface area contributed by atoms with Crippen molar-refractivity contribution in [3.05, 3.63) is 60.2 Å². The van der Waals surface area contributed by atoms with E-state index in [1.165, 1.54) is 35.6 Å². The first-order chi connectivity index (χ1) is 12.7. The van der Waals surface area contributed by atoms with Crippen LogP contribution >= 0.6 is 0 Å². The van der Waals surface area contributed by atoms with Crippen LogP contribution in [-0.2, 0) is 14.8 Å². The number of carboxylic acid groups (broad SMARTS) is 1. The molecule has 0 fully saturated rings. The van der Waals surface area contributed by atoms with E-state index in [0.29, 0.717) is 17.7 Å². The van der Waals surface area contributed by atoms with Crippen LogP contribution in [0.2, 0.25) is 0 Å². The molecule has 0 heterocycles. The van der Waals surface area contributed by atoms with Crippen LogP contribution in [-0.4, -0.2) is 38.5 Å². The average molecular weight is 390 g/mol. The number of nitrogens with one attached hydrogen (secondary N) is 1. The van der Waals surface area contributed by atoms with Crippen LogP contribution in [0.3, 0.4) is 0 Å². The number of hydrogen-bond donors (Lipinski definition) is 2. The van der Waals surface area contributed by atoms with Gasteiger partial charge in [0.25, 0.3) is 15.9 Å². The number of amides is 1. The van der Waals surface area contributed by atoms with E-state index in [9.17, 15) is 18.0 Å². The van der Waals surface area contributed by atoms with Gasteiger partial charge in [0, 0.05) is 25.1 Å². The molecule has 7 nitrogen and oxygen atoms in total. The fraction of sp³-hybridized carbons (Fsp3) is 0.263. The van der Waals surface area contributed by atoms with E-state index >= 15 is 0 Å². The summed E-state index contributed by atoms with van der Waals surface area (Å²) in [5, 5.41) is 11.4. The fourth-order valence-corrected chi connectivity index (χ4v) is 3.63. The van der Waals surface area contributed by atoms with Crippen molar-refractivity contribution >= 4 is 27.6 Å². The first-order valence-electron chi connectivity index (χ1n) is 8.38. The number of carbonyl (C=O) groups excluding carboxylic acids is 1. The number of aliphatic carboxylic acids is 1. The van der Waals surface area contributed by atoms with Crippen LogP contribution in [0.15, 0.2) is 59.5 Å². The van der Waals surface area contributed by atoms with Crippen LogP contribution in [0, 0.1) is 0 Å². The third-order valence-electron chi connectivity index (χ3n) is 4.06. The van der Waals surface area contributed by atoms with Crippen molar-refractivity contribution < 1.29 is 23.1 Å². The number of sulfonamides is 1. The maximum atomic E-state index is 12.7. The van der Waals surface area contributed by atoms with Crippen LogP contribution < -0.4 is 9.62 Å². The number of para-hydroxylation sites is 1. The number of anilines is 1. The first-order valence-corrected chi connectivity index (χ1v) is 9.82. The van der Waals surface area contributed by atoms with E-state index in [1.807, 2.05) is 0 Å². The van der Waals surface area contributed by atoms with Gasteiger partial charge in [-0.2, -0.15) is 0 Å². The monoisotopic (exact) mass is 390 g/mol. The highest BCUT2D eigenvalue weighted by molar-refractivity contribution is 7.92. The molecule has 27 heavy (non-hydrogen) atoms. The first kappa shape index (κ1) is 20.4. The maximum Gasteiger partial charge on any atom is 0.303 e. The SMILES string of the molecule is CC(CCC(=O)O)NC(=O)c1ccc(S(=O)(=O)N(C)c2ccccc2)cc1. The molecule has 2 aromatic rings. The van der Waals surface area contributed by atoms with Crippen molar-refractivity contribution in [1.82, 2.24) is 5.32 Å². The van der Waals surface area contributed by atoms with Gasteiger partial charge in [-0.3, -0.25) is 13.9 Å². The number of benzene rings is 2. The van der Waals surface area contributed by atoms with E-state index < -0.39 is 16.0 Å². The summed E-state index contributed by atoms with van der Waals surface area (Å²) in [6, 6.07) is 14.0. The molecule has 1 unspecified atom stereocenters. The zero-order chi connectivity index (χ0) is 20.0. The zero-order valence-electron chi connectivity index (χ0n) is 15.1. The van der Waals surface area contributed by atoms with Crippen LogP contribution in [0.25, 0.3) is 0 Å². The summed E-state index contributed by atoms with van der Waals surface area (Å²) in [5.41, 5.74) is 0.838. The Morgan fingerprint density at radius 2 is 1.67 bits per heavy atom. The Labute approximate surface area is 158 Å². The smallest absolute Gasteiger partial charge is 0.303 e. The molecule has 144 valence electrons. The third-order valence-corrected chi connectivity index (χ3v) is 5.86. The van der Waals surface area contributed by atoms with Gasteiger partial charge in [-0.15, -0.1) is 0 Å². The van der Waals surface area contributed by atoms with Gasteiger partial charge in [-0.05, 0) is 49.7 Å². The molecule has 2 aromatic carbocycles. The highest BCUT2D eigenvalue weighted by Crippen LogP contribution is 2.21. The number of carbonyl (C=O) groups is 2. The molecule has 1 atom stereocenters. The molecule has 0 saturated carbocycles. The highest BCUT2D eigenvalue weighted by Gasteiger charge is 2.21. The van der Waals surface area contributed by atoms with Crippen LogP contribution in [0.1, 0.15) is 30.1 Å². The molecule has 8 heteroatoms. The molecule has 1 amide bonds. The van der Waals surface area contributed by atoms with Gasteiger partial charge in [0.05, 0.1) is 10.6 Å². The standard InChI is InChI=1S/C19H22N2O5S/c1-14(8-13-18(22)23)20-19(24)15-9-11-17(12-10-15)27(25,26)21(2)16-6-4-3-5-7-16/h3-7,9-12,14H,8,13H2,1-2H3,(H,20,24)(H,22,23). The Morgan fingerprint density at radius 1 is 1.07 bits per heavy atom. The summed E-state index contributed by atoms with van der Waals surface area (Å²) in [7, 11) is -2.27. The Balaban J connectivity index is 2.10. The third kappa shape index (κ3) is 5.30. The molecule has 0 aliphatic rings. The number of rotatable bonds is 8. The minimum atomic E-state index is -3.74. The summed E-state index contributed by atoms with van der Waals surface area (Å²) in [4.78, 5) is 22.8. The van der Waals surface area contributed by atoms with E-state index in [-0.39, 0.29) is 23.3 Å². The molecule has 0 bridgehead atoms. The molecular weight excluding hydrogens is 368 g/mol. The second kappa shape index (κ2) is 8.68. The van der Waals surface area contributed by atoms with Gasteiger partial charge >= 0.3 is 5.97 Å². The van der Waals surface area contributed by atoms with Gasteiger partial charge in [-0.1, -0.05) is 18.2 Å². The van der Waals surface area contributed by atoms with Crippen molar-refractivity contribution in [2.45, 2.75) is 30.7 Å². The maximum absolute atomic E-state index is 12.7. The topological polar surface area (TPSA) is 104 Å². The lowest BCUT2D eigenvalue weighted by Gasteiger charge is -2.19. The minimum Gasteiger partial charge on any atom is -0.481 e. The lowest BCUT2D eigenvalue weighted by atomic mass is 10.1. The molecule has 0 aliphatic heterocycles. The highest BCUT2D eigenvalue weighted by atomic mass is 32.2. The van der Waals surface area contributed by atoms with Crippen molar-refractivity contribution in [2.75, 3.05) is 11.4 Å². The van der Waals surface area contributed by atoms with Crippen molar-refractivity contribution in [2.24, 2.45) is 0 Å². The molecule has 0 saturated heterocycles. The normalized spacial score (nSPS) is 12.2. The lowest BCUT2D eigenvalue weighted by molar-refractivity contribution is -0.137. The summed E-state index contributed by atoms with van der Waals surface area (Å²) in [6.45, 7) is 1.72. The Kier molecular flexibility index (Phi) is 6.57. The van der Waals surface area contributed by atoms with E-state index in [2.05, 4.69) is 5.32 Å². The van der Waals surface area contributed by atoms with Crippen molar-refractivity contribution in [3.8, 4) is 0 Å². The Morgan fingerprint density at radius 3 is 2.22 bits per heavy atom. The Hall–Kier alpha value is -2.87. The van der Waals surface area contributed by atoms with Crippen molar-refractivity contribution in [1.29, 1.82) is 0 Å². The van der Waals surface area contributed by atoms with E-state index in [1.54, 1.807) is 37.3 Å². The Bertz CT molecular complexity index is 895. The average Bonchev–Trinajstić information content (AvgIpc) is 2.66. The summed E-state index contributed by atoms with van der Waals surface area (Å²) < 4.78 is 26.6. The van der Waals surface area contributed by atoms with Crippen molar-refractivity contribution in [3.63, 3.8) is 0 Å². The largest absolute Gasteiger partial charge is 0.481 e. The van der Waals surface area contributed by atoms with Gasteiger partial charge in [0.1, 0.15) is 0 Å². The molecule has 0 spiro atoms. The molecule has 0 radical (unpaired) electrons. The molecule has 0 aromatic heterocycles. The fourth-order valence-electron chi connectivity index (χ4n) is 2.43. The zero-order valence-corrected chi connectivity index (χ0v) is 15.9. The lowest BCUT2D eigenvalue weighted by Crippen LogP contribution is -2.33. The van der Waals surface area contributed by atoms with E-state index in [0.717, 1.165) is 0 Å². The minimum absolute atomic E-state index is 0.0373. The molecule has 0 aliphatic carbocycles. The summed E-state index contributed by atoms with van der Waals surface area (Å²) in [5.74, 6) is -1.30. The summed E-state index contributed by atoms with van der Waals surface area (Å²) in [6.07, 6.45) is 0.278. The van der Waals surface area contributed by atoms with Gasteiger partial charge in [-0.25, -0.2) is 8.42 Å². The predicted octanol–water partition coefficient (Wildman–Crippen LogP) is 2.49. The number of carboxylic acids is 1. The summed E-state index contributed by atoms with van der Waals surface area (Å²) >= 11 is 0. The van der Waals surface area contributed by atoms with Gasteiger partial charge in [0.2, 0.25) is 0 Å². The van der Waals surface area contributed by atoms with E-state index in [4.69, 9.17) is 5.11 Å². The second-order valence-electron chi connectivity index (χ2n) is 6.14. The number of nitrogens with zero attached hydrogens (tertiary/aromatic N) is 1. The molecule has 2 N–H and O–H groups in total.